The molecule has 0 aromatic heterocycles. The molecule has 1 aliphatic heterocycles. The molecule has 0 unspecified atom stereocenters. The van der Waals surface area contributed by atoms with Gasteiger partial charge in [0, 0.05) is 5.56 Å². The van der Waals surface area contributed by atoms with Gasteiger partial charge in [0.05, 0.1) is 11.2 Å². The lowest BCUT2D eigenvalue weighted by Crippen LogP contribution is -2.51. The zero-order valence-corrected chi connectivity index (χ0v) is 12.3. The number of hydrogen-bond acceptors (Lipinski definition) is 1. The molecule has 1 aliphatic rings. The molecule has 4 heteroatoms. The third-order valence-electron chi connectivity index (χ3n) is 3.33. The van der Waals surface area contributed by atoms with E-state index >= 15 is 0 Å². The molecule has 0 N–H and O–H groups in total. The number of fused-ring (bicyclic) bond motifs is 1. The molecule has 0 saturated heterocycles. The number of carbonyl (C=O) groups is 1. The van der Waals surface area contributed by atoms with Crippen molar-refractivity contribution in [2.75, 3.05) is 4.90 Å². The Morgan fingerprint density at radius 1 is 1.42 bits per heavy atom. The van der Waals surface area contributed by atoms with Crippen LogP contribution in [0.5, 0.6) is 0 Å². The van der Waals surface area contributed by atoms with Gasteiger partial charge in [-0.1, -0.05) is 6.08 Å². The monoisotopic (exact) mass is 281 g/mol. The van der Waals surface area contributed by atoms with Crippen LogP contribution < -0.4 is 4.90 Å². The van der Waals surface area contributed by atoms with Crippen molar-refractivity contribution in [2.24, 2.45) is 0 Å². The van der Waals surface area contributed by atoms with Crippen LogP contribution in [0.4, 0.5) is 10.1 Å². The average molecular weight is 282 g/mol. The van der Waals surface area contributed by atoms with Gasteiger partial charge in [-0.25, -0.2) is 4.39 Å². The maximum atomic E-state index is 13.5. The molecule has 0 spiro atoms. The van der Waals surface area contributed by atoms with Crippen molar-refractivity contribution >= 4 is 28.8 Å². The second-order valence-corrected chi connectivity index (χ2v) is 6.09. The highest BCUT2D eigenvalue weighted by Crippen LogP contribution is 2.39. The van der Waals surface area contributed by atoms with E-state index in [0.29, 0.717) is 5.69 Å². The number of allylic oxidation sites excluding steroid dienone is 1. The van der Waals surface area contributed by atoms with E-state index in [0.717, 1.165) is 11.1 Å². The molecule has 0 saturated carbocycles. The molecule has 0 fully saturated rings. The van der Waals surface area contributed by atoms with E-state index < -0.39 is 10.9 Å². The Morgan fingerprint density at radius 2 is 2.05 bits per heavy atom. The van der Waals surface area contributed by atoms with Crippen molar-refractivity contribution in [3.05, 3.63) is 35.7 Å². The highest BCUT2D eigenvalue weighted by molar-refractivity contribution is 6.33. The lowest BCUT2D eigenvalue weighted by Gasteiger charge is -2.42. The van der Waals surface area contributed by atoms with E-state index in [9.17, 15) is 9.18 Å². The summed E-state index contributed by atoms with van der Waals surface area (Å²) >= 11 is 5.93. The van der Waals surface area contributed by atoms with Crippen LogP contribution >= 0.6 is 11.6 Å². The van der Waals surface area contributed by atoms with E-state index in [1.807, 2.05) is 26.8 Å². The van der Waals surface area contributed by atoms with Gasteiger partial charge in [-0.15, -0.1) is 11.6 Å². The van der Waals surface area contributed by atoms with Gasteiger partial charge in [0.2, 0.25) is 5.91 Å². The number of hydrogen-bond donors (Lipinski definition) is 0. The van der Waals surface area contributed by atoms with Gasteiger partial charge in [0.15, 0.2) is 0 Å². The minimum Gasteiger partial charge on any atom is -0.301 e. The summed E-state index contributed by atoms with van der Waals surface area (Å²) < 4.78 is 13.5. The highest BCUT2D eigenvalue weighted by atomic mass is 35.5. The van der Waals surface area contributed by atoms with E-state index in [1.165, 1.54) is 12.1 Å². The Bertz CT molecular complexity index is 563. The molecule has 1 atom stereocenters. The second kappa shape index (κ2) is 4.64. The Hall–Kier alpha value is -1.35. The van der Waals surface area contributed by atoms with E-state index in [-0.39, 0.29) is 11.7 Å². The first kappa shape index (κ1) is 14.1. The zero-order valence-electron chi connectivity index (χ0n) is 11.5. The summed E-state index contributed by atoms with van der Waals surface area (Å²) in [6, 6.07) is 4.50. The first-order valence-corrected chi connectivity index (χ1v) is 6.65. The van der Waals surface area contributed by atoms with Crippen LogP contribution in [0.1, 0.15) is 33.3 Å². The van der Waals surface area contributed by atoms with Gasteiger partial charge >= 0.3 is 0 Å². The third-order valence-corrected chi connectivity index (χ3v) is 3.52. The summed E-state index contributed by atoms with van der Waals surface area (Å²) in [6.07, 6.45) is 2.00. The van der Waals surface area contributed by atoms with Crippen molar-refractivity contribution in [1.29, 1.82) is 0 Å². The summed E-state index contributed by atoms with van der Waals surface area (Å²) in [5, 5.41) is -0.651. The predicted molar refractivity (Wildman–Crippen MR) is 76.9 cm³/mol. The first-order valence-electron chi connectivity index (χ1n) is 6.21. The van der Waals surface area contributed by atoms with Crippen molar-refractivity contribution in [1.82, 2.24) is 0 Å². The van der Waals surface area contributed by atoms with Crippen LogP contribution in [0.2, 0.25) is 0 Å². The molecule has 1 amide bonds. The summed E-state index contributed by atoms with van der Waals surface area (Å²) in [5.74, 6) is -0.577. The maximum Gasteiger partial charge on any atom is 0.245 e. The lowest BCUT2D eigenvalue weighted by molar-refractivity contribution is -0.118. The average Bonchev–Trinajstić information content (AvgIpc) is 2.26. The maximum absolute atomic E-state index is 13.5. The summed E-state index contributed by atoms with van der Waals surface area (Å²) in [6.45, 7) is 7.43. The molecule has 0 bridgehead atoms. The van der Waals surface area contributed by atoms with Crippen LogP contribution in [-0.2, 0) is 4.79 Å². The fraction of sp³-hybridized carbons (Fsp3) is 0.400. The highest BCUT2D eigenvalue weighted by Gasteiger charge is 2.37. The molecule has 102 valence electrons. The Balaban J connectivity index is 2.66. The Labute approximate surface area is 117 Å². The van der Waals surface area contributed by atoms with Crippen LogP contribution in [0.3, 0.4) is 0 Å². The third kappa shape index (κ3) is 2.39. The lowest BCUT2D eigenvalue weighted by atomic mass is 9.88. The Kier molecular flexibility index (Phi) is 3.43. The first-order chi connectivity index (χ1) is 8.74. The van der Waals surface area contributed by atoms with Gasteiger partial charge in [-0.2, -0.15) is 0 Å². The van der Waals surface area contributed by atoms with Gasteiger partial charge in [0.25, 0.3) is 0 Å². The summed E-state index contributed by atoms with van der Waals surface area (Å²) in [4.78, 5) is 13.9. The van der Waals surface area contributed by atoms with Crippen molar-refractivity contribution in [3.63, 3.8) is 0 Å². The molecule has 2 rings (SSSR count). The fourth-order valence-electron chi connectivity index (χ4n) is 2.59. The fourth-order valence-corrected chi connectivity index (χ4v) is 2.68. The molecule has 1 heterocycles. The number of halogens is 2. The van der Waals surface area contributed by atoms with Gasteiger partial charge < -0.3 is 4.90 Å². The minimum atomic E-state index is -0.651. The van der Waals surface area contributed by atoms with Gasteiger partial charge in [0.1, 0.15) is 11.2 Å². The predicted octanol–water partition coefficient (Wildman–Crippen LogP) is 3.98. The standard InChI is InChI=1S/C15H17ClFNO/c1-9-8-15(3,4)18(14(19)10(2)16)13-7-11(17)5-6-12(9)13/h5-8,10H,1-4H3/t10-/m0/s1. The quantitative estimate of drug-likeness (QED) is 0.713. The van der Waals surface area contributed by atoms with Crippen LogP contribution in [0.25, 0.3) is 5.57 Å². The van der Waals surface area contributed by atoms with Crippen LogP contribution in [0.15, 0.2) is 24.3 Å². The molecular weight excluding hydrogens is 265 g/mol. The summed E-state index contributed by atoms with van der Waals surface area (Å²) in [5.41, 5.74) is 1.96. The van der Waals surface area contributed by atoms with Crippen molar-refractivity contribution < 1.29 is 9.18 Å². The number of anilines is 1. The van der Waals surface area contributed by atoms with E-state index in [2.05, 4.69) is 0 Å². The zero-order chi connectivity index (χ0) is 14.4. The number of amides is 1. The van der Waals surface area contributed by atoms with E-state index in [4.69, 9.17) is 11.6 Å². The number of benzene rings is 1. The normalized spacial score (nSPS) is 18.6. The topological polar surface area (TPSA) is 20.3 Å². The number of carbonyl (C=O) groups excluding carboxylic acids is 1. The molecular formula is C15H17ClFNO. The number of rotatable bonds is 1. The smallest absolute Gasteiger partial charge is 0.245 e. The van der Waals surface area contributed by atoms with Crippen molar-refractivity contribution in [2.45, 2.75) is 38.6 Å². The largest absolute Gasteiger partial charge is 0.301 e. The van der Waals surface area contributed by atoms with Crippen LogP contribution in [0, 0.1) is 5.82 Å². The molecule has 0 aliphatic carbocycles. The molecule has 0 radical (unpaired) electrons. The second-order valence-electron chi connectivity index (χ2n) is 5.43. The number of alkyl halides is 1. The molecule has 1 aromatic carbocycles. The SMILES string of the molecule is CC1=CC(C)(C)N(C(=O)[C@H](C)Cl)c2cc(F)ccc21. The number of nitrogens with zero attached hydrogens (tertiary/aromatic N) is 1. The molecule has 1 aromatic rings. The van der Waals surface area contributed by atoms with Gasteiger partial charge in [-0.05, 0) is 51.5 Å². The molecule has 19 heavy (non-hydrogen) atoms. The van der Waals surface area contributed by atoms with Gasteiger partial charge in [-0.3, -0.25) is 4.79 Å². The minimum absolute atomic E-state index is 0.220. The van der Waals surface area contributed by atoms with Crippen LogP contribution in [-0.4, -0.2) is 16.8 Å². The molecule has 2 nitrogen and oxygen atoms in total. The van der Waals surface area contributed by atoms with E-state index in [1.54, 1.807) is 17.9 Å². The van der Waals surface area contributed by atoms with Crippen molar-refractivity contribution in [3.8, 4) is 0 Å². The Morgan fingerprint density at radius 3 is 2.63 bits per heavy atom. The summed E-state index contributed by atoms with van der Waals surface area (Å²) in [7, 11) is 0.